The summed E-state index contributed by atoms with van der Waals surface area (Å²) in [7, 11) is 0. The number of hydrogen-bond acceptors (Lipinski definition) is 3. The summed E-state index contributed by atoms with van der Waals surface area (Å²) in [6.45, 7) is 2.10. The topological polar surface area (TPSA) is 63.3 Å². The van der Waals surface area contributed by atoms with E-state index in [1.54, 1.807) is 0 Å². The standard InChI is InChI=1S/C13H13NO3/c1-2-9-3-5-10(6-4-9)7-12-14-8-11(17-12)13(15)16/h3-6,8H,2,7H2,1H3,(H,15,16). The highest BCUT2D eigenvalue weighted by Crippen LogP contribution is 2.11. The van der Waals surface area contributed by atoms with Crippen LogP contribution in [0.25, 0.3) is 0 Å². The quantitative estimate of drug-likeness (QED) is 0.878. The van der Waals surface area contributed by atoms with E-state index in [2.05, 4.69) is 24.0 Å². The van der Waals surface area contributed by atoms with Gasteiger partial charge in [-0.15, -0.1) is 0 Å². The molecule has 0 radical (unpaired) electrons. The van der Waals surface area contributed by atoms with Crippen molar-refractivity contribution in [3.05, 3.63) is 53.2 Å². The Hall–Kier alpha value is -2.10. The molecule has 0 unspecified atom stereocenters. The maximum atomic E-state index is 10.6. The smallest absolute Gasteiger partial charge is 0.373 e. The van der Waals surface area contributed by atoms with Gasteiger partial charge in [-0.2, -0.15) is 0 Å². The molecule has 1 aromatic carbocycles. The van der Waals surface area contributed by atoms with Crippen LogP contribution in [0.15, 0.2) is 34.9 Å². The van der Waals surface area contributed by atoms with Gasteiger partial charge in [0.2, 0.25) is 5.76 Å². The van der Waals surface area contributed by atoms with E-state index in [0.29, 0.717) is 12.3 Å². The van der Waals surface area contributed by atoms with Crippen molar-refractivity contribution in [1.29, 1.82) is 0 Å². The third kappa shape index (κ3) is 2.72. The van der Waals surface area contributed by atoms with E-state index in [9.17, 15) is 4.79 Å². The van der Waals surface area contributed by atoms with Crippen molar-refractivity contribution in [2.75, 3.05) is 0 Å². The predicted octanol–water partition coefficient (Wildman–Crippen LogP) is 2.53. The maximum Gasteiger partial charge on any atom is 0.373 e. The summed E-state index contributed by atoms with van der Waals surface area (Å²) in [5, 5.41) is 8.70. The zero-order valence-electron chi connectivity index (χ0n) is 9.51. The average molecular weight is 231 g/mol. The lowest BCUT2D eigenvalue weighted by Gasteiger charge is -1.99. The Morgan fingerprint density at radius 1 is 1.29 bits per heavy atom. The van der Waals surface area contributed by atoms with E-state index >= 15 is 0 Å². The lowest BCUT2D eigenvalue weighted by atomic mass is 10.1. The molecule has 4 nitrogen and oxygen atoms in total. The van der Waals surface area contributed by atoms with Gasteiger partial charge >= 0.3 is 5.97 Å². The number of hydrogen-bond donors (Lipinski definition) is 1. The minimum Gasteiger partial charge on any atom is -0.475 e. The third-order valence-corrected chi connectivity index (χ3v) is 2.55. The number of oxazole rings is 1. The molecule has 1 N–H and O–H groups in total. The number of carbonyl (C=O) groups is 1. The number of rotatable bonds is 4. The lowest BCUT2D eigenvalue weighted by molar-refractivity contribution is 0.0660. The molecule has 0 saturated heterocycles. The molecule has 0 aliphatic carbocycles. The lowest BCUT2D eigenvalue weighted by Crippen LogP contribution is -1.92. The second-order valence-corrected chi connectivity index (χ2v) is 3.77. The SMILES string of the molecule is CCc1ccc(Cc2ncc(C(=O)O)o2)cc1. The first kappa shape index (κ1) is 11.4. The predicted molar refractivity (Wildman–Crippen MR) is 62.1 cm³/mol. The molecule has 2 aromatic rings. The zero-order valence-corrected chi connectivity index (χ0v) is 9.51. The van der Waals surface area contributed by atoms with Crippen molar-refractivity contribution >= 4 is 5.97 Å². The van der Waals surface area contributed by atoms with Crippen molar-refractivity contribution in [3.63, 3.8) is 0 Å². The highest BCUT2D eigenvalue weighted by molar-refractivity contribution is 5.83. The van der Waals surface area contributed by atoms with E-state index < -0.39 is 5.97 Å². The summed E-state index contributed by atoms with van der Waals surface area (Å²) in [6, 6.07) is 8.11. The minimum atomic E-state index is -1.09. The molecule has 0 aliphatic heterocycles. The molecule has 0 amide bonds. The van der Waals surface area contributed by atoms with Gasteiger partial charge in [0.15, 0.2) is 5.89 Å². The van der Waals surface area contributed by atoms with Gasteiger partial charge in [-0.05, 0) is 17.5 Å². The summed E-state index contributed by atoms with van der Waals surface area (Å²) < 4.78 is 5.09. The number of aromatic carboxylic acids is 1. The molecular formula is C13H13NO3. The Bertz CT molecular complexity index is 514. The number of nitrogens with zero attached hydrogens (tertiary/aromatic N) is 1. The molecule has 0 fully saturated rings. The summed E-state index contributed by atoms with van der Waals surface area (Å²) in [6.07, 6.45) is 2.75. The highest BCUT2D eigenvalue weighted by Gasteiger charge is 2.10. The Kier molecular flexibility index (Phi) is 3.23. The Morgan fingerprint density at radius 3 is 2.47 bits per heavy atom. The van der Waals surface area contributed by atoms with Gasteiger partial charge in [0.1, 0.15) is 0 Å². The monoisotopic (exact) mass is 231 g/mol. The zero-order chi connectivity index (χ0) is 12.3. The molecule has 1 aromatic heterocycles. The van der Waals surface area contributed by atoms with Crippen LogP contribution in [0.4, 0.5) is 0 Å². The van der Waals surface area contributed by atoms with Gasteiger partial charge in [-0.1, -0.05) is 31.2 Å². The highest BCUT2D eigenvalue weighted by atomic mass is 16.4. The summed E-state index contributed by atoms with van der Waals surface area (Å²) in [5.74, 6) is -0.790. The average Bonchev–Trinajstić information content (AvgIpc) is 2.79. The summed E-state index contributed by atoms with van der Waals surface area (Å²) in [5.41, 5.74) is 2.33. The molecule has 0 saturated carbocycles. The number of carboxylic acids is 1. The van der Waals surface area contributed by atoms with Gasteiger partial charge in [-0.3, -0.25) is 0 Å². The van der Waals surface area contributed by atoms with Crippen LogP contribution in [-0.2, 0) is 12.8 Å². The van der Waals surface area contributed by atoms with Crippen molar-refractivity contribution in [3.8, 4) is 0 Å². The molecule has 0 spiro atoms. The number of aromatic nitrogens is 1. The molecular weight excluding hydrogens is 218 g/mol. The van der Waals surface area contributed by atoms with Gasteiger partial charge in [0.05, 0.1) is 6.20 Å². The second-order valence-electron chi connectivity index (χ2n) is 3.77. The Balaban J connectivity index is 2.11. The number of aryl methyl sites for hydroxylation is 1. The van der Waals surface area contributed by atoms with Gasteiger partial charge in [-0.25, -0.2) is 9.78 Å². The van der Waals surface area contributed by atoms with Crippen LogP contribution in [0.3, 0.4) is 0 Å². The van der Waals surface area contributed by atoms with Crippen LogP contribution >= 0.6 is 0 Å². The fourth-order valence-corrected chi connectivity index (χ4v) is 1.56. The molecule has 0 bridgehead atoms. The maximum absolute atomic E-state index is 10.6. The fraction of sp³-hybridized carbons (Fsp3) is 0.231. The Morgan fingerprint density at radius 2 is 1.94 bits per heavy atom. The van der Waals surface area contributed by atoms with Crippen LogP contribution in [0.5, 0.6) is 0 Å². The molecule has 4 heteroatoms. The van der Waals surface area contributed by atoms with E-state index in [1.807, 2.05) is 12.1 Å². The molecule has 17 heavy (non-hydrogen) atoms. The van der Waals surface area contributed by atoms with Crippen LogP contribution in [0.2, 0.25) is 0 Å². The second kappa shape index (κ2) is 4.82. The van der Waals surface area contributed by atoms with E-state index in [-0.39, 0.29) is 5.76 Å². The molecule has 0 atom stereocenters. The van der Waals surface area contributed by atoms with Gasteiger partial charge in [0.25, 0.3) is 0 Å². The molecule has 2 rings (SSSR count). The first-order valence-corrected chi connectivity index (χ1v) is 5.45. The number of benzene rings is 1. The van der Waals surface area contributed by atoms with Crippen molar-refractivity contribution in [1.82, 2.24) is 4.98 Å². The first-order valence-electron chi connectivity index (χ1n) is 5.45. The molecule has 88 valence electrons. The van der Waals surface area contributed by atoms with Crippen LogP contribution in [0, 0.1) is 0 Å². The van der Waals surface area contributed by atoms with Crippen LogP contribution in [0.1, 0.15) is 34.5 Å². The third-order valence-electron chi connectivity index (χ3n) is 2.55. The van der Waals surface area contributed by atoms with Crippen molar-refractivity contribution in [2.45, 2.75) is 19.8 Å². The summed E-state index contributed by atoms with van der Waals surface area (Å²) in [4.78, 5) is 14.5. The number of carboxylic acid groups (broad SMARTS) is 1. The molecule has 0 aliphatic rings. The minimum absolute atomic E-state index is 0.120. The van der Waals surface area contributed by atoms with Crippen LogP contribution < -0.4 is 0 Å². The first-order chi connectivity index (χ1) is 8.19. The van der Waals surface area contributed by atoms with E-state index in [0.717, 1.165) is 12.0 Å². The van der Waals surface area contributed by atoms with E-state index in [4.69, 9.17) is 9.52 Å². The largest absolute Gasteiger partial charge is 0.475 e. The van der Waals surface area contributed by atoms with Crippen molar-refractivity contribution < 1.29 is 14.3 Å². The summed E-state index contributed by atoms with van der Waals surface area (Å²) >= 11 is 0. The van der Waals surface area contributed by atoms with E-state index in [1.165, 1.54) is 11.8 Å². The fourth-order valence-electron chi connectivity index (χ4n) is 1.56. The van der Waals surface area contributed by atoms with Crippen LogP contribution in [-0.4, -0.2) is 16.1 Å². The van der Waals surface area contributed by atoms with Gasteiger partial charge in [0, 0.05) is 6.42 Å². The Labute approximate surface area is 98.9 Å². The molecule has 1 heterocycles. The normalized spacial score (nSPS) is 10.4. The van der Waals surface area contributed by atoms with Crippen molar-refractivity contribution in [2.24, 2.45) is 0 Å². The van der Waals surface area contributed by atoms with Gasteiger partial charge < -0.3 is 9.52 Å².